The standard InChI is InChI=1S/C16H26N2O2/c1-12(19)16-14(8-5-9-15(16)20-4)18(3)13-7-6-10-17(2)11-13/h5,8-9,12-13,19H,6-7,10-11H2,1-4H3. The Labute approximate surface area is 122 Å². The van der Waals surface area contributed by atoms with Gasteiger partial charge in [0.05, 0.1) is 13.2 Å². The van der Waals surface area contributed by atoms with Gasteiger partial charge in [-0.25, -0.2) is 0 Å². The number of ether oxygens (including phenoxy) is 1. The molecule has 1 aliphatic heterocycles. The van der Waals surface area contributed by atoms with Crippen LogP contribution in [-0.2, 0) is 0 Å². The number of likely N-dealkylation sites (N-methyl/N-ethyl adjacent to an activating group) is 2. The number of methoxy groups -OCH3 is 1. The molecule has 1 aliphatic rings. The average Bonchev–Trinajstić information content (AvgIpc) is 2.45. The normalized spacial score (nSPS) is 21.6. The molecule has 0 amide bonds. The highest BCUT2D eigenvalue weighted by Crippen LogP contribution is 2.35. The molecule has 20 heavy (non-hydrogen) atoms. The maximum absolute atomic E-state index is 10.1. The Morgan fingerprint density at radius 2 is 2.20 bits per heavy atom. The van der Waals surface area contributed by atoms with E-state index in [2.05, 4.69) is 30.0 Å². The molecule has 4 heteroatoms. The van der Waals surface area contributed by atoms with Gasteiger partial charge in [-0.15, -0.1) is 0 Å². The van der Waals surface area contributed by atoms with Crippen LogP contribution in [0, 0.1) is 0 Å². The number of likely N-dealkylation sites (tertiary alicyclic amines) is 1. The van der Waals surface area contributed by atoms with Crippen LogP contribution in [0.15, 0.2) is 18.2 Å². The van der Waals surface area contributed by atoms with Gasteiger partial charge in [0.25, 0.3) is 0 Å². The minimum atomic E-state index is -0.537. The van der Waals surface area contributed by atoms with Crippen molar-refractivity contribution in [1.82, 2.24) is 4.90 Å². The number of hydrogen-bond acceptors (Lipinski definition) is 4. The van der Waals surface area contributed by atoms with E-state index in [1.807, 2.05) is 12.1 Å². The van der Waals surface area contributed by atoms with E-state index in [1.165, 1.54) is 19.4 Å². The zero-order valence-electron chi connectivity index (χ0n) is 13.0. The number of piperidine rings is 1. The van der Waals surface area contributed by atoms with Gasteiger partial charge >= 0.3 is 0 Å². The molecule has 1 saturated heterocycles. The Hall–Kier alpha value is -1.26. The number of aliphatic hydroxyl groups is 1. The Kier molecular flexibility index (Phi) is 4.89. The third-order valence-corrected chi connectivity index (χ3v) is 4.21. The molecule has 2 rings (SSSR count). The fourth-order valence-electron chi connectivity index (χ4n) is 3.09. The predicted octanol–water partition coefficient (Wildman–Crippen LogP) is 2.28. The summed E-state index contributed by atoms with van der Waals surface area (Å²) >= 11 is 0. The summed E-state index contributed by atoms with van der Waals surface area (Å²) in [6, 6.07) is 6.45. The fourth-order valence-corrected chi connectivity index (χ4v) is 3.09. The van der Waals surface area contributed by atoms with Crippen LogP contribution >= 0.6 is 0 Å². The first-order chi connectivity index (χ1) is 9.54. The third kappa shape index (κ3) is 3.07. The molecule has 1 aromatic carbocycles. The molecule has 0 spiro atoms. The fraction of sp³-hybridized carbons (Fsp3) is 0.625. The van der Waals surface area contributed by atoms with Gasteiger partial charge in [-0.05, 0) is 45.5 Å². The molecule has 1 heterocycles. The maximum Gasteiger partial charge on any atom is 0.126 e. The van der Waals surface area contributed by atoms with Gasteiger partial charge < -0.3 is 19.6 Å². The summed E-state index contributed by atoms with van der Waals surface area (Å²) in [5.74, 6) is 0.758. The molecule has 1 N–H and O–H groups in total. The molecular formula is C16H26N2O2. The molecular weight excluding hydrogens is 252 g/mol. The number of anilines is 1. The van der Waals surface area contributed by atoms with Crippen LogP contribution in [0.5, 0.6) is 5.75 Å². The lowest BCUT2D eigenvalue weighted by Crippen LogP contribution is -2.45. The number of hydrogen-bond donors (Lipinski definition) is 1. The van der Waals surface area contributed by atoms with Gasteiger partial charge in [-0.1, -0.05) is 6.07 Å². The van der Waals surface area contributed by atoms with Crippen molar-refractivity contribution < 1.29 is 9.84 Å². The maximum atomic E-state index is 10.1. The van der Waals surface area contributed by atoms with Crippen LogP contribution in [0.2, 0.25) is 0 Å². The van der Waals surface area contributed by atoms with Gasteiger partial charge in [0.2, 0.25) is 0 Å². The first-order valence-electron chi connectivity index (χ1n) is 7.31. The van der Waals surface area contributed by atoms with E-state index in [0.29, 0.717) is 6.04 Å². The Bertz CT molecular complexity index is 448. The number of aliphatic hydroxyl groups excluding tert-OH is 1. The second-order valence-electron chi connectivity index (χ2n) is 5.74. The molecule has 0 bridgehead atoms. The summed E-state index contributed by atoms with van der Waals surface area (Å²) in [6.07, 6.45) is 1.88. The first kappa shape index (κ1) is 15.1. The minimum absolute atomic E-state index is 0.485. The Morgan fingerprint density at radius 1 is 1.45 bits per heavy atom. The summed E-state index contributed by atoms with van der Waals surface area (Å²) in [5.41, 5.74) is 1.95. The van der Waals surface area contributed by atoms with E-state index >= 15 is 0 Å². The second-order valence-corrected chi connectivity index (χ2v) is 5.74. The van der Waals surface area contributed by atoms with Gasteiger partial charge in [0.15, 0.2) is 0 Å². The van der Waals surface area contributed by atoms with Gasteiger partial charge in [0.1, 0.15) is 5.75 Å². The topological polar surface area (TPSA) is 35.9 Å². The summed E-state index contributed by atoms with van der Waals surface area (Å²) in [5, 5.41) is 10.1. The minimum Gasteiger partial charge on any atom is -0.496 e. The number of benzene rings is 1. The van der Waals surface area contributed by atoms with E-state index in [4.69, 9.17) is 4.74 Å². The number of nitrogens with zero attached hydrogens (tertiary/aromatic N) is 2. The summed E-state index contributed by atoms with van der Waals surface area (Å²) in [7, 11) is 5.94. The molecule has 1 fully saturated rings. The van der Waals surface area contributed by atoms with Crippen LogP contribution in [0.4, 0.5) is 5.69 Å². The van der Waals surface area contributed by atoms with E-state index in [9.17, 15) is 5.11 Å². The smallest absolute Gasteiger partial charge is 0.126 e. The SMILES string of the molecule is COc1cccc(N(C)C2CCCN(C)C2)c1C(C)O. The first-order valence-corrected chi connectivity index (χ1v) is 7.31. The Morgan fingerprint density at radius 3 is 2.80 bits per heavy atom. The molecule has 0 aromatic heterocycles. The largest absolute Gasteiger partial charge is 0.496 e. The van der Waals surface area contributed by atoms with Crippen molar-refractivity contribution >= 4 is 5.69 Å². The molecule has 0 radical (unpaired) electrons. The van der Waals surface area contributed by atoms with Crippen LogP contribution < -0.4 is 9.64 Å². The van der Waals surface area contributed by atoms with Crippen molar-refractivity contribution in [2.24, 2.45) is 0 Å². The zero-order valence-corrected chi connectivity index (χ0v) is 13.0. The van der Waals surface area contributed by atoms with E-state index in [0.717, 1.165) is 23.5 Å². The lowest BCUT2D eigenvalue weighted by atomic mass is 10.0. The Balaban J connectivity index is 2.31. The van der Waals surface area contributed by atoms with E-state index in [1.54, 1.807) is 14.0 Å². The molecule has 1 aromatic rings. The van der Waals surface area contributed by atoms with E-state index < -0.39 is 6.10 Å². The highest BCUT2D eigenvalue weighted by molar-refractivity contribution is 5.60. The highest BCUT2D eigenvalue weighted by Gasteiger charge is 2.25. The van der Waals surface area contributed by atoms with Crippen LogP contribution in [0.3, 0.4) is 0 Å². The van der Waals surface area contributed by atoms with E-state index in [-0.39, 0.29) is 0 Å². The average molecular weight is 278 g/mol. The van der Waals surface area contributed by atoms with Crippen LogP contribution in [-0.4, -0.2) is 50.3 Å². The van der Waals surface area contributed by atoms with Crippen LogP contribution in [0.25, 0.3) is 0 Å². The van der Waals surface area contributed by atoms with Crippen molar-refractivity contribution in [2.75, 3.05) is 39.2 Å². The second kappa shape index (κ2) is 6.46. The highest BCUT2D eigenvalue weighted by atomic mass is 16.5. The molecule has 0 saturated carbocycles. The zero-order chi connectivity index (χ0) is 14.7. The lowest BCUT2D eigenvalue weighted by molar-refractivity contribution is 0.194. The van der Waals surface area contributed by atoms with Crippen molar-refractivity contribution in [3.8, 4) is 5.75 Å². The van der Waals surface area contributed by atoms with Crippen molar-refractivity contribution in [2.45, 2.75) is 31.9 Å². The predicted molar refractivity (Wildman–Crippen MR) is 82.5 cm³/mol. The number of rotatable bonds is 4. The third-order valence-electron chi connectivity index (χ3n) is 4.21. The van der Waals surface area contributed by atoms with Crippen molar-refractivity contribution in [3.05, 3.63) is 23.8 Å². The van der Waals surface area contributed by atoms with Crippen molar-refractivity contribution in [3.63, 3.8) is 0 Å². The quantitative estimate of drug-likeness (QED) is 0.916. The molecule has 112 valence electrons. The molecule has 0 aliphatic carbocycles. The van der Waals surface area contributed by atoms with Gasteiger partial charge in [0, 0.05) is 30.9 Å². The summed E-state index contributed by atoms with van der Waals surface area (Å²) < 4.78 is 5.41. The molecule has 4 nitrogen and oxygen atoms in total. The summed E-state index contributed by atoms with van der Waals surface area (Å²) in [4.78, 5) is 4.66. The van der Waals surface area contributed by atoms with Crippen LogP contribution in [0.1, 0.15) is 31.4 Å². The van der Waals surface area contributed by atoms with Gasteiger partial charge in [-0.2, -0.15) is 0 Å². The molecule has 2 atom stereocenters. The van der Waals surface area contributed by atoms with Gasteiger partial charge in [-0.3, -0.25) is 0 Å². The monoisotopic (exact) mass is 278 g/mol. The van der Waals surface area contributed by atoms with Crippen molar-refractivity contribution in [1.29, 1.82) is 0 Å². The molecule has 2 unspecified atom stereocenters. The summed E-state index contributed by atoms with van der Waals surface area (Å²) in [6.45, 7) is 4.03. The lowest BCUT2D eigenvalue weighted by Gasteiger charge is -2.38.